The predicted octanol–water partition coefficient (Wildman–Crippen LogP) is 0.793. The second-order valence-corrected chi connectivity index (χ2v) is 3.80. The molecule has 0 fully saturated rings. The number of hydrogen-bond donors (Lipinski definition) is 3. The maximum atomic E-state index is 11.6. The van der Waals surface area contributed by atoms with E-state index >= 15 is 0 Å². The van der Waals surface area contributed by atoms with Crippen molar-refractivity contribution in [3.05, 3.63) is 35.7 Å². The molecule has 0 aliphatic carbocycles. The number of carbonyl (C=O) groups is 2. The number of pyridine rings is 1. The zero-order valence-corrected chi connectivity index (χ0v) is 10.5. The lowest BCUT2D eigenvalue weighted by Gasteiger charge is -2.06. The van der Waals surface area contributed by atoms with Crippen LogP contribution in [-0.4, -0.2) is 32.2 Å². The summed E-state index contributed by atoms with van der Waals surface area (Å²) in [4.78, 5) is 30.0. The van der Waals surface area contributed by atoms with E-state index in [2.05, 4.69) is 25.8 Å². The summed E-state index contributed by atoms with van der Waals surface area (Å²) in [6.45, 7) is 1.73. The SMILES string of the molecule is Cc1nc(CNC(=O)Nc2cncc(C(=O)O)c2)no1. The third-order valence-electron chi connectivity index (χ3n) is 2.22. The van der Waals surface area contributed by atoms with Crippen molar-refractivity contribution in [2.24, 2.45) is 0 Å². The van der Waals surface area contributed by atoms with Crippen LogP contribution >= 0.6 is 0 Å². The average molecular weight is 277 g/mol. The molecule has 104 valence electrons. The van der Waals surface area contributed by atoms with Gasteiger partial charge in [-0.1, -0.05) is 5.16 Å². The van der Waals surface area contributed by atoms with E-state index < -0.39 is 12.0 Å². The van der Waals surface area contributed by atoms with E-state index in [0.29, 0.717) is 11.7 Å². The molecular formula is C11H11N5O4. The van der Waals surface area contributed by atoms with Crippen molar-refractivity contribution in [3.63, 3.8) is 0 Å². The summed E-state index contributed by atoms with van der Waals surface area (Å²) in [6.07, 6.45) is 2.53. The maximum Gasteiger partial charge on any atom is 0.337 e. The molecule has 0 radical (unpaired) electrons. The van der Waals surface area contributed by atoms with Crippen LogP contribution in [0.15, 0.2) is 23.0 Å². The van der Waals surface area contributed by atoms with Crippen molar-refractivity contribution < 1.29 is 19.2 Å². The van der Waals surface area contributed by atoms with E-state index in [1.54, 1.807) is 6.92 Å². The Balaban J connectivity index is 1.91. The number of nitrogens with one attached hydrogen (secondary N) is 2. The van der Waals surface area contributed by atoms with Gasteiger partial charge in [0.05, 0.1) is 24.0 Å². The van der Waals surface area contributed by atoms with Gasteiger partial charge in [0.15, 0.2) is 5.82 Å². The Morgan fingerprint density at radius 2 is 2.20 bits per heavy atom. The molecule has 0 aromatic carbocycles. The first-order valence-electron chi connectivity index (χ1n) is 5.57. The van der Waals surface area contributed by atoms with Gasteiger partial charge in [0, 0.05) is 13.1 Å². The number of anilines is 1. The Hall–Kier alpha value is -2.97. The van der Waals surface area contributed by atoms with Crippen LogP contribution in [0, 0.1) is 6.92 Å². The van der Waals surface area contributed by atoms with E-state index in [-0.39, 0.29) is 17.8 Å². The number of hydrogen-bond acceptors (Lipinski definition) is 6. The van der Waals surface area contributed by atoms with Crippen LogP contribution in [0.3, 0.4) is 0 Å². The van der Waals surface area contributed by atoms with Crippen LogP contribution in [0.4, 0.5) is 10.5 Å². The second-order valence-electron chi connectivity index (χ2n) is 3.80. The average Bonchev–Trinajstić information content (AvgIpc) is 2.82. The largest absolute Gasteiger partial charge is 0.478 e. The first-order valence-corrected chi connectivity index (χ1v) is 5.57. The summed E-state index contributed by atoms with van der Waals surface area (Å²) in [5, 5.41) is 17.4. The van der Waals surface area contributed by atoms with E-state index in [4.69, 9.17) is 9.63 Å². The maximum absolute atomic E-state index is 11.6. The Kier molecular flexibility index (Phi) is 3.89. The number of carboxylic acid groups (broad SMARTS) is 1. The number of aromatic carboxylic acids is 1. The van der Waals surface area contributed by atoms with Crippen molar-refractivity contribution in [3.8, 4) is 0 Å². The summed E-state index contributed by atoms with van der Waals surface area (Å²) in [7, 11) is 0. The second kappa shape index (κ2) is 5.78. The molecule has 2 heterocycles. The lowest BCUT2D eigenvalue weighted by molar-refractivity contribution is 0.0696. The Bertz CT molecular complexity index is 639. The molecule has 2 aromatic rings. The van der Waals surface area contributed by atoms with Crippen molar-refractivity contribution >= 4 is 17.7 Å². The normalized spacial score (nSPS) is 10.1. The van der Waals surface area contributed by atoms with E-state index in [9.17, 15) is 9.59 Å². The monoisotopic (exact) mass is 277 g/mol. The number of carbonyl (C=O) groups excluding carboxylic acids is 1. The molecule has 0 aliphatic heterocycles. The fourth-order valence-electron chi connectivity index (χ4n) is 1.37. The number of urea groups is 1. The zero-order chi connectivity index (χ0) is 14.5. The van der Waals surface area contributed by atoms with Crippen molar-refractivity contribution in [1.29, 1.82) is 0 Å². The third kappa shape index (κ3) is 3.51. The standard InChI is InChI=1S/C11H11N5O4/c1-6-14-9(16-20-6)5-13-11(19)15-8-2-7(10(17)18)3-12-4-8/h2-4H,5H2,1H3,(H,17,18)(H2,13,15,19). The summed E-state index contributed by atoms with van der Waals surface area (Å²) < 4.78 is 4.75. The van der Waals surface area contributed by atoms with Crippen LogP contribution in [0.2, 0.25) is 0 Å². The zero-order valence-electron chi connectivity index (χ0n) is 10.5. The molecule has 2 rings (SSSR count). The smallest absolute Gasteiger partial charge is 0.337 e. The molecule has 3 N–H and O–H groups in total. The summed E-state index contributed by atoms with van der Waals surface area (Å²) in [6, 6.07) is 0.768. The van der Waals surface area contributed by atoms with Crippen LogP contribution in [0.25, 0.3) is 0 Å². The third-order valence-corrected chi connectivity index (χ3v) is 2.22. The van der Waals surface area contributed by atoms with Gasteiger partial charge in [-0.25, -0.2) is 9.59 Å². The van der Waals surface area contributed by atoms with Gasteiger partial charge in [-0.05, 0) is 6.07 Å². The molecule has 2 aromatic heterocycles. The van der Waals surface area contributed by atoms with Gasteiger partial charge in [-0.15, -0.1) is 0 Å². The fourth-order valence-corrected chi connectivity index (χ4v) is 1.37. The minimum Gasteiger partial charge on any atom is -0.478 e. The summed E-state index contributed by atoms with van der Waals surface area (Å²) in [5.74, 6) is -0.376. The van der Waals surface area contributed by atoms with E-state index in [0.717, 1.165) is 0 Å². The van der Waals surface area contributed by atoms with Crippen LogP contribution in [0.5, 0.6) is 0 Å². The van der Waals surface area contributed by atoms with Crippen LogP contribution in [0.1, 0.15) is 22.1 Å². The molecule has 0 spiro atoms. The van der Waals surface area contributed by atoms with Crippen LogP contribution < -0.4 is 10.6 Å². The molecule has 0 aliphatic rings. The highest BCUT2D eigenvalue weighted by Crippen LogP contribution is 2.08. The van der Waals surface area contributed by atoms with Gasteiger partial charge in [-0.3, -0.25) is 4.98 Å². The molecule has 0 saturated carbocycles. The van der Waals surface area contributed by atoms with Gasteiger partial charge < -0.3 is 20.3 Å². The molecular weight excluding hydrogens is 266 g/mol. The van der Waals surface area contributed by atoms with Gasteiger partial charge in [-0.2, -0.15) is 4.98 Å². The van der Waals surface area contributed by atoms with Gasteiger partial charge in [0.25, 0.3) is 0 Å². The highest BCUT2D eigenvalue weighted by atomic mass is 16.5. The van der Waals surface area contributed by atoms with Gasteiger partial charge in [0.2, 0.25) is 5.89 Å². The molecule has 0 unspecified atom stereocenters. The van der Waals surface area contributed by atoms with Crippen molar-refractivity contribution in [2.45, 2.75) is 13.5 Å². The Morgan fingerprint density at radius 1 is 1.40 bits per heavy atom. The molecule has 20 heavy (non-hydrogen) atoms. The molecule has 2 amide bonds. The van der Waals surface area contributed by atoms with Gasteiger partial charge in [0.1, 0.15) is 0 Å². The van der Waals surface area contributed by atoms with E-state index in [1.807, 2.05) is 0 Å². The highest BCUT2D eigenvalue weighted by Gasteiger charge is 2.08. The Labute approximate surface area is 113 Å². The highest BCUT2D eigenvalue weighted by molar-refractivity contribution is 5.92. The number of aromatic nitrogens is 3. The predicted molar refractivity (Wildman–Crippen MR) is 66.1 cm³/mol. The first-order chi connectivity index (χ1) is 9.54. The Morgan fingerprint density at radius 3 is 2.85 bits per heavy atom. The fraction of sp³-hybridized carbons (Fsp3) is 0.182. The van der Waals surface area contributed by atoms with Crippen molar-refractivity contribution in [1.82, 2.24) is 20.4 Å². The number of amides is 2. The molecule has 0 bridgehead atoms. The van der Waals surface area contributed by atoms with E-state index in [1.165, 1.54) is 18.5 Å². The molecule has 9 nitrogen and oxygen atoms in total. The molecule has 9 heteroatoms. The lowest BCUT2D eigenvalue weighted by atomic mass is 10.3. The first kappa shape index (κ1) is 13.5. The number of aryl methyl sites for hydroxylation is 1. The molecule has 0 saturated heterocycles. The summed E-state index contributed by atoms with van der Waals surface area (Å²) in [5.41, 5.74) is 0.253. The van der Waals surface area contributed by atoms with Crippen LogP contribution in [-0.2, 0) is 6.54 Å². The molecule has 0 atom stereocenters. The van der Waals surface area contributed by atoms with Crippen molar-refractivity contribution in [2.75, 3.05) is 5.32 Å². The van der Waals surface area contributed by atoms with Gasteiger partial charge >= 0.3 is 12.0 Å². The minimum absolute atomic E-state index is 0.0170. The quantitative estimate of drug-likeness (QED) is 0.753. The summed E-state index contributed by atoms with van der Waals surface area (Å²) >= 11 is 0. The topological polar surface area (TPSA) is 130 Å². The number of carboxylic acids is 1. The number of rotatable bonds is 4. The lowest BCUT2D eigenvalue weighted by Crippen LogP contribution is -2.28. The minimum atomic E-state index is -1.12. The number of nitrogens with zero attached hydrogens (tertiary/aromatic N) is 3.